The minimum atomic E-state index is -4.67. The molecule has 1 aliphatic heterocycles. The topological polar surface area (TPSA) is 184 Å². The maximum absolute atomic E-state index is 14.4. The van der Waals surface area contributed by atoms with Gasteiger partial charge in [-0.1, -0.05) is 29.8 Å². The summed E-state index contributed by atoms with van der Waals surface area (Å²) in [7, 11) is -4.67. The fourth-order valence-electron chi connectivity index (χ4n) is 3.55. The van der Waals surface area contributed by atoms with Gasteiger partial charge in [0.2, 0.25) is 0 Å². The molecule has 216 valence electrons. The Labute approximate surface area is 226 Å². The number of benzene rings is 1. The number of nitrogen functional groups attached to an aromatic ring is 1. The molecule has 5 N–H and O–H groups in total. The van der Waals surface area contributed by atoms with Crippen molar-refractivity contribution in [2.24, 2.45) is 0 Å². The summed E-state index contributed by atoms with van der Waals surface area (Å²) >= 11 is 5.87. The van der Waals surface area contributed by atoms with Gasteiger partial charge in [0.15, 0.2) is 11.8 Å². The number of nitrogens with one attached hydrogen (secondary N) is 1. The van der Waals surface area contributed by atoms with E-state index in [-0.39, 0.29) is 16.6 Å². The van der Waals surface area contributed by atoms with Crippen LogP contribution in [-0.4, -0.2) is 68.7 Å². The van der Waals surface area contributed by atoms with Crippen LogP contribution in [0.15, 0.2) is 41.3 Å². The SMILES string of the molecule is CC(C)OC(=O)[C@H](C)NP(=O)(OC[C@@]1(C(F)F)O[C@@H](n2cc(Cl)c(N)nc2=O)[C@H](O)[C@@H]1O)Oc1ccccc1. The predicted octanol–water partition coefficient (Wildman–Crippen LogP) is 1.87. The van der Waals surface area contributed by atoms with Crippen LogP contribution in [0.1, 0.15) is 27.0 Å². The lowest BCUT2D eigenvalue weighted by Gasteiger charge is -2.32. The van der Waals surface area contributed by atoms with Crippen LogP contribution in [0.4, 0.5) is 14.6 Å². The molecular formula is C22H28ClF2N4O9P. The van der Waals surface area contributed by atoms with Crippen LogP contribution in [0, 0.1) is 0 Å². The lowest BCUT2D eigenvalue weighted by atomic mass is 9.96. The molecule has 39 heavy (non-hydrogen) atoms. The van der Waals surface area contributed by atoms with E-state index in [0.717, 1.165) is 6.20 Å². The molecule has 0 aliphatic carbocycles. The van der Waals surface area contributed by atoms with E-state index in [2.05, 4.69) is 10.1 Å². The van der Waals surface area contributed by atoms with Crippen LogP contribution in [-0.2, 0) is 23.4 Å². The Morgan fingerprint density at radius 3 is 2.54 bits per heavy atom. The molecular weight excluding hydrogens is 569 g/mol. The first-order valence-corrected chi connectivity index (χ1v) is 13.4. The van der Waals surface area contributed by atoms with Crippen LogP contribution in [0.5, 0.6) is 5.75 Å². The number of aliphatic hydroxyl groups is 2. The molecule has 1 aromatic carbocycles. The highest BCUT2D eigenvalue weighted by Gasteiger charge is 2.61. The van der Waals surface area contributed by atoms with Crippen molar-refractivity contribution in [1.29, 1.82) is 0 Å². The van der Waals surface area contributed by atoms with E-state index in [4.69, 9.17) is 35.9 Å². The molecule has 0 spiro atoms. The Kier molecular flexibility index (Phi) is 9.70. The number of para-hydroxylation sites is 1. The quantitative estimate of drug-likeness (QED) is 0.218. The van der Waals surface area contributed by atoms with E-state index in [1.807, 2.05) is 0 Å². The fraction of sp³-hybridized carbons (Fsp3) is 0.500. The molecule has 1 unspecified atom stereocenters. The third kappa shape index (κ3) is 6.92. The van der Waals surface area contributed by atoms with Crippen molar-refractivity contribution in [3.63, 3.8) is 0 Å². The molecule has 17 heteroatoms. The van der Waals surface area contributed by atoms with E-state index >= 15 is 0 Å². The normalized spacial score (nSPS) is 25.4. The molecule has 1 fully saturated rings. The van der Waals surface area contributed by atoms with Gasteiger partial charge < -0.3 is 29.9 Å². The molecule has 0 saturated carbocycles. The monoisotopic (exact) mass is 596 g/mol. The highest BCUT2D eigenvalue weighted by molar-refractivity contribution is 7.52. The lowest BCUT2D eigenvalue weighted by Crippen LogP contribution is -2.53. The van der Waals surface area contributed by atoms with Gasteiger partial charge >= 0.3 is 19.4 Å². The number of rotatable bonds is 11. The molecule has 0 bridgehead atoms. The second-order valence-electron chi connectivity index (χ2n) is 8.88. The van der Waals surface area contributed by atoms with Gasteiger partial charge in [0.25, 0.3) is 6.43 Å². The van der Waals surface area contributed by atoms with Gasteiger partial charge in [-0.3, -0.25) is 13.9 Å². The smallest absolute Gasteiger partial charge is 0.459 e. The maximum Gasteiger partial charge on any atom is 0.459 e. The zero-order valence-electron chi connectivity index (χ0n) is 20.9. The van der Waals surface area contributed by atoms with Gasteiger partial charge in [-0.05, 0) is 32.9 Å². The number of carbonyl (C=O) groups is 1. The molecule has 1 aromatic heterocycles. The van der Waals surface area contributed by atoms with Crippen LogP contribution in [0.2, 0.25) is 5.02 Å². The summed E-state index contributed by atoms with van der Waals surface area (Å²) in [6.07, 6.45) is -9.54. The van der Waals surface area contributed by atoms with Crippen molar-refractivity contribution < 1.29 is 46.9 Å². The number of nitrogens with zero attached hydrogens (tertiary/aromatic N) is 2. The van der Waals surface area contributed by atoms with Crippen molar-refractivity contribution in [2.75, 3.05) is 12.3 Å². The molecule has 3 rings (SSSR count). The Balaban J connectivity index is 1.92. The van der Waals surface area contributed by atoms with Crippen molar-refractivity contribution in [3.05, 3.63) is 52.0 Å². The number of aromatic nitrogens is 2. The highest BCUT2D eigenvalue weighted by Crippen LogP contribution is 2.49. The van der Waals surface area contributed by atoms with Crippen LogP contribution < -0.4 is 21.0 Å². The Bertz CT molecular complexity index is 1270. The average molecular weight is 597 g/mol. The fourth-order valence-corrected chi connectivity index (χ4v) is 5.23. The number of anilines is 1. The van der Waals surface area contributed by atoms with E-state index in [9.17, 15) is 33.1 Å². The van der Waals surface area contributed by atoms with Crippen molar-refractivity contribution in [1.82, 2.24) is 14.6 Å². The molecule has 0 radical (unpaired) electrons. The Morgan fingerprint density at radius 1 is 1.31 bits per heavy atom. The number of esters is 1. The summed E-state index contributed by atoms with van der Waals surface area (Å²) < 4.78 is 64.2. The average Bonchev–Trinajstić information content (AvgIpc) is 3.11. The van der Waals surface area contributed by atoms with Gasteiger partial charge in [-0.25, -0.2) is 18.1 Å². The molecule has 6 atom stereocenters. The summed E-state index contributed by atoms with van der Waals surface area (Å²) in [5.41, 5.74) is 1.33. The molecule has 13 nitrogen and oxygen atoms in total. The van der Waals surface area contributed by atoms with Gasteiger partial charge in [0.05, 0.1) is 17.7 Å². The van der Waals surface area contributed by atoms with Crippen molar-refractivity contribution in [2.45, 2.75) is 63.4 Å². The molecule has 0 amide bonds. The van der Waals surface area contributed by atoms with Crippen LogP contribution >= 0.6 is 19.3 Å². The van der Waals surface area contributed by atoms with E-state index in [0.29, 0.717) is 4.57 Å². The predicted molar refractivity (Wildman–Crippen MR) is 133 cm³/mol. The zero-order valence-corrected chi connectivity index (χ0v) is 22.6. The Morgan fingerprint density at radius 2 is 1.95 bits per heavy atom. The lowest BCUT2D eigenvalue weighted by molar-refractivity contribution is -0.192. The highest BCUT2D eigenvalue weighted by atomic mass is 35.5. The molecule has 1 aliphatic rings. The number of halogens is 3. The van der Waals surface area contributed by atoms with E-state index in [1.54, 1.807) is 19.9 Å². The van der Waals surface area contributed by atoms with Crippen molar-refractivity contribution >= 4 is 31.1 Å². The first-order chi connectivity index (χ1) is 18.2. The van der Waals surface area contributed by atoms with Gasteiger partial charge in [-0.2, -0.15) is 10.1 Å². The number of nitrogens with two attached hydrogens (primary N) is 1. The second-order valence-corrected chi connectivity index (χ2v) is 11.0. The van der Waals surface area contributed by atoms with E-state index in [1.165, 1.54) is 31.2 Å². The maximum atomic E-state index is 14.4. The minimum absolute atomic E-state index is 0.0104. The summed E-state index contributed by atoms with van der Waals surface area (Å²) in [6.45, 7) is 3.13. The number of alkyl halides is 2. The Hall–Kier alpha value is -2.65. The van der Waals surface area contributed by atoms with Crippen molar-refractivity contribution in [3.8, 4) is 5.75 Å². The van der Waals surface area contributed by atoms with Crippen LogP contribution in [0.3, 0.4) is 0 Å². The van der Waals surface area contributed by atoms with Gasteiger partial charge in [0, 0.05) is 6.20 Å². The van der Waals surface area contributed by atoms with Gasteiger partial charge in [-0.15, -0.1) is 0 Å². The third-order valence-corrected chi connectivity index (χ3v) is 7.44. The number of ether oxygens (including phenoxy) is 2. The number of carbonyl (C=O) groups excluding carboxylic acids is 1. The van der Waals surface area contributed by atoms with E-state index < -0.39 is 68.6 Å². The standard InChI is InChI=1S/C22H28ClF2N4O9P/c1-11(2)36-19(32)12(3)28-39(34,38-13-7-5-4-6-8-13)35-10-22(20(24)25)16(31)15(30)18(37-22)29-9-14(23)17(26)27-21(29)33/h4-9,11-12,15-16,18,20,30-31H,10H2,1-3H3,(H,28,34)(H2,26,27,33)/t12-,15+,16-,18+,22+,39?/m0/s1. The summed E-state index contributed by atoms with van der Waals surface area (Å²) in [5, 5.41) is 23.2. The molecule has 2 heterocycles. The summed E-state index contributed by atoms with van der Waals surface area (Å²) in [6, 6.07) is 6.19. The number of hydrogen-bond donors (Lipinski definition) is 4. The largest absolute Gasteiger partial charge is 0.462 e. The molecule has 1 saturated heterocycles. The number of aliphatic hydroxyl groups excluding tert-OH is 2. The molecule has 2 aromatic rings. The summed E-state index contributed by atoms with van der Waals surface area (Å²) in [5.74, 6) is -1.21. The van der Waals surface area contributed by atoms with Gasteiger partial charge in [0.1, 0.15) is 29.8 Å². The van der Waals surface area contributed by atoms with Crippen LogP contribution in [0.25, 0.3) is 0 Å². The minimum Gasteiger partial charge on any atom is -0.462 e. The first-order valence-electron chi connectivity index (χ1n) is 11.5. The first kappa shape index (κ1) is 30.9. The number of hydrogen-bond acceptors (Lipinski definition) is 11. The summed E-state index contributed by atoms with van der Waals surface area (Å²) in [4.78, 5) is 28.0. The zero-order chi connectivity index (χ0) is 29.1. The third-order valence-electron chi connectivity index (χ3n) is 5.52. The second kappa shape index (κ2) is 12.3.